The number of hydrogen-bond donors (Lipinski definition) is 0. The van der Waals surface area contributed by atoms with Gasteiger partial charge in [0.25, 0.3) is 0 Å². The van der Waals surface area contributed by atoms with Crippen molar-refractivity contribution in [1.29, 1.82) is 0 Å². The summed E-state index contributed by atoms with van der Waals surface area (Å²) in [6.07, 6.45) is -5.81. The molecule has 0 aromatic heterocycles. The van der Waals surface area contributed by atoms with Gasteiger partial charge in [-0.15, -0.1) is 0 Å². The average Bonchev–Trinajstić information content (AvgIpc) is 2.78. The van der Waals surface area contributed by atoms with Gasteiger partial charge < -0.3 is 37.9 Å². The van der Waals surface area contributed by atoms with Gasteiger partial charge in [0.2, 0.25) is 0 Å². The van der Waals surface area contributed by atoms with Crippen LogP contribution >= 0.6 is 0 Å². The summed E-state index contributed by atoms with van der Waals surface area (Å²) >= 11 is 0. The van der Waals surface area contributed by atoms with Gasteiger partial charge in [0.1, 0.15) is 19.3 Å². The van der Waals surface area contributed by atoms with Crippen LogP contribution in [0, 0.1) is 17.8 Å². The molecule has 2 aliphatic heterocycles. The zero-order valence-corrected chi connectivity index (χ0v) is 22.1. The molecule has 0 bridgehead atoms. The summed E-state index contributed by atoms with van der Waals surface area (Å²) in [5.41, 5.74) is 0. The molecule has 12 nitrogen and oxygen atoms in total. The molecule has 0 amide bonds. The van der Waals surface area contributed by atoms with Gasteiger partial charge in [-0.25, -0.2) is 0 Å². The molecule has 2 fully saturated rings. The summed E-state index contributed by atoms with van der Waals surface area (Å²) in [5, 5.41) is 0. The second kappa shape index (κ2) is 13.3. The highest BCUT2D eigenvalue weighted by Crippen LogP contribution is 2.38. The van der Waals surface area contributed by atoms with Gasteiger partial charge in [-0.3, -0.25) is 19.2 Å². The Morgan fingerprint density at radius 2 is 1.08 bits per heavy atom. The van der Waals surface area contributed by atoms with E-state index in [-0.39, 0.29) is 25.0 Å². The van der Waals surface area contributed by atoms with Crippen molar-refractivity contribution in [2.24, 2.45) is 17.8 Å². The van der Waals surface area contributed by atoms with Crippen LogP contribution in [0.1, 0.15) is 48.5 Å². The van der Waals surface area contributed by atoms with Crippen molar-refractivity contribution in [1.82, 2.24) is 0 Å². The molecule has 36 heavy (non-hydrogen) atoms. The van der Waals surface area contributed by atoms with Gasteiger partial charge in [0.05, 0.1) is 12.2 Å². The third-order valence-electron chi connectivity index (χ3n) is 6.52. The molecular formula is C24H38O12. The number of ether oxygens (including phenoxy) is 8. The lowest BCUT2D eigenvalue weighted by Crippen LogP contribution is -2.61. The number of carbonyl (C=O) groups is 4. The van der Waals surface area contributed by atoms with Gasteiger partial charge in [-0.1, -0.05) is 20.8 Å². The fourth-order valence-corrected chi connectivity index (χ4v) is 4.46. The van der Waals surface area contributed by atoms with E-state index in [2.05, 4.69) is 0 Å². The van der Waals surface area contributed by atoms with E-state index in [1.807, 2.05) is 13.8 Å². The smallest absolute Gasteiger partial charge is 0.303 e. The van der Waals surface area contributed by atoms with Gasteiger partial charge >= 0.3 is 23.9 Å². The SMILES string of the molecule is COC1OC(COC(C)=O)C(OC2OC(COC(C)=O)C(C)C(C)C2OC(C)=O)C(C)C1OC(C)=O. The van der Waals surface area contributed by atoms with Crippen LogP contribution in [0.25, 0.3) is 0 Å². The van der Waals surface area contributed by atoms with Gasteiger partial charge in [-0.05, 0) is 5.92 Å². The molecule has 10 unspecified atom stereocenters. The van der Waals surface area contributed by atoms with Crippen molar-refractivity contribution >= 4 is 23.9 Å². The number of methoxy groups -OCH3 is 1. The maximum atomic E-state index is 11.9. The molecule has 0 N–H and O–H groups in total. The third-order valence-corrected chi connectivity index (χ3v) is 6.52. The minimum absolute atomic E-state index is 0.0110. The number of esters is 4. The highest BCUT2D eigenvalue weighted by molar-refractivity contribution is 5.67. The normalized spacial score (nSPS) is 36.4. The van der Waals surface area contributed by atoms with Crippen molar-refractivity contribution < 1.29 is 57.1 Å². The van der Waals surface area contributed by atoms with Crippen LogP contribution in [0.4, 0.5) is 0 Å². The zero-order chi connectivity index (χ0) is 27.2. The van der Waals surface area contributed by atoms with E-state index < -0.39 is 72.9 Å². The topological polar surface area (TPSA) is 142 Å². The Labute approximate surface area is 211 Å². The van der Waals surface area contributed by atoms with Crippen LogP contribution in [0.5, 0.6) is 0 Å². The second-order valence-electron chi connectivity index (χ2n) is 9.25. The number of rotatable bonds is 9. The van der Waals surface area contributed by atoms with Crippen LogP contribution in [-0.4, -0.2) is 87.3 Å². The lowest BCUT2D eigenvalue weighted by atomic mass is 9.83. The van der Waals surface area contributed by atoms with E-state index in [9.17, 15) is 19.2 Å². The Morgan fingerprint density at radius 1 is 0.611 bits per heavy atom. The average molecular weight is 519 g/mol. The molecule has 2 heterocycles. The first-order valence-corrected chi connectivity index (χ1v) is 12.0. The minimum Gasteiger partial charge on any atom is -0.463 e. The van der Waals surface area contributed by atoms with Crippen molar-refractivity contribution in [3.8, 4) is 0 Å². The molecule has 10 atom stereocenters. The van der Waals surface area contributed by atoms with E-state index in [0.717, 1.165) is 0 Å². The summed E-state index contributed by atoms with van der Waals surface area (Å²) in [7, 11) is 1.40. The van der Waals surface area contributed by atoms with Crippen molar-refractivity contribution in [2.45, 2.75) is 91.6 Å². The van der Waals surface area contributed by atoms with E-state index in [4.69, 9.17) is 37.9 Å². The van der Waals surface area contributed by atoms with Crippen LogP contribution in [0.2, 0.25) is 0 Å². The summed E-state index contributed by atoms with van der Waals surface area (Å²) in [6.45, 7) is 10.5. The first-order valence-electron chi connectivity index (χ1n) is 12.0. The standard InChI is InChI=1S/C24H38O12/c1-11-12(2)21(32-16(6)27)24(34-18(11)9-30-14(4)25)36-20-13(3)22(33-17(7)28)23(29-8)35-19(20)10-31-15(5)26/h11-13,18-24H,9-10H2,1-8H3. The van der Waals surface area contributed by atoms with E-state index >= 15 is 0 Å². The molecule has 12 heteroatoms. The van der Waals surface area contributed by atoms with E-state index in [1.54, 1.807) is 6.92 Å². The Balaban J connectivity index is 2.37. The predicted octanol–water partition coefficient (Wildman–Crippen LogP) is 1.37. The van der Waals surface area contributed by atoms with Crippen LogP contribution in [0.15, 0.2) is 0 Å². The molecule has 2 saturated heterocycles. The predicted molar refractivity (Wildman–Crippen MR) is 121 cm³/mol. The minimum atomic E-state index is -1.08. The first kappa shape index (κ1) is 29.9. The van der Waals surface area contributed by atoms with Gasteiger partial charge in [-0.2, -0.15) is 0 Å². The second-order valence-corrected chi connectivity index (χ2v) is 9.25. The Hall–Kier alpha value is -2.28. The molecule has 0 aromatic rings. The van der Waals surface area contributed by atoms with E-state index in [1.165, 1.54) is 34.8 Å². The van der Waals surface area contributed by atoms with Gasteiger partial charge in [0.15, 0.2) is 24.8 Å². The molecule has 0 aliphatic carbocycles. The molecule has 0 aromatic carbocycles. The highest BCUT2D eigenvalue weighted by Gasteiger charge is 2.51. The number of carbonyl (C=O) groups excluding carboxylic acids is 4. The number of hydrogen-bond acceptors (Lipinski definition) is 12. The Kier molecular flexibility index (Phi) is 11.1. The summed E-state index contributed by atoms with van der Waals surface area (Å²) in [4.78, 5) is 46.6. The molecule has 0 spiro atoms. The molecule has 0 radical (unpaired) electrons. The summed E-state index contributed by atoms with van der Waals surface area (Å²) in [6, 6.07) is 0. The molecule has 2 aliphatic rings. The van der Waals surface area contributed by atoms with Crippen molar-refractivity contribution in [2.75, 3.05) is 20.3 Å². The molecule has 0 saturated carbocycles. The molecular weight excluding hydrogens is 480 g/mol. The third kappa shape index (κ3) is 7.86. The Bertz CT molecular complexity index is 781. The molecule has 206 valence electrons. The van der Waals surface area contributed by atoms with E-state index in [0.29, 0.717) is 0 Å². The summed E-state index contributed by atoms with van der Waals surface area (Å²) in [5.74, 6) is -2.90. The fraction of sp³-hybridized carbons (Fsp3) is 0.833. The largest absolute Gasteiger partial charge is 0.463 e. The van der Waals surface area contributed by atoms with Crippen LogP contribution < -0.4 is 0 Å². The van der Waals surface area contributed by atoms with Crippen molar-refractivity contribution in [3.05, 3.63) is 0 Å². The Morgan fingerprint density at radius 3 is 1.56 bits per heavy atom. The van der Waals surface area contributed by atoms with Crippen LogP contribution in [-0.2, 0) is 57.1 Å². The lowest BCUT2D eigenvalue weighted by Gasteiger charge is -2.48. The lowest BCUT2D eigenvalue weighted by molar-refractivity contribution is -0.342. The zero-order valence-electron chi connectivity index (χ0n) is 22.1. The first-order chi connectivity index (χ1) is 16.8. The quantitative estimate of drug-likeness (QED) is 0.321. The monoisotopic (exact) mass is 518 g/mol. The van der Waals surface area contributed by atoms with Gasteiger partial charge in [0, 0.05) is 46.6 Å². The van der Waals surface area contributed by atoms with Crippen molar-refractivity contribution in [3.63, 3.8) is 0 Å². The molecule has 2 rings (SSSR count). The highest BCUT2D eigenvalue weighted by atomic mass is 16.7. The fourth-order valence-electron chi connectivity index (χ4n) is 4.46. The van der Waals surface area contributed by atoms with Crippen LogP contribution in [0.3, 0.4) is 0 Å². The maximum absolute atomic E-state index is 11.9. The summed E-state index contributed by atoms with van der Waals surface area (Å²) < 4.78 is 45.2. The maximum Gasteiger partial charge on any atom is 0.303 e.